The molecule has 1 aliphatic heterocycles. The zero-order valence-electron chi connectivity index (χ0n) is 6.77. The molecule has 5 nitrogen and oxygen atoms in total. The van der Waals surface area contributed by atoms with Crippen LogP contribution in [0.4, 0.5) is 4.79 Å². The van der Waals surface area contributed by atoms with Crippen molar-refractivity contribution in [1.82, 2.24) is 4.90 Å². The largest absolute Gasteiger partial charge is 0.465 e. The van der Waals surface area contributed by atoms with Crippen molar-refractivity contribution < 1.29 is 19.7 Å². The number of carbonyl (C=O) groups is 1. The summed E-state index contributed by atoms with van der Waals surface area (Å²) in [6.45, 7) is 1.16. The van der Waals surface area contributed by atoms with E-state index >= 15 is 0 Å². The molecule has 5 heteroatoms. The summed E-state index contributed by atoms with van der Waals surface area (Å²) >= 11 is 0. The fourth-order valence-corrected chi connectivity index (χ4v) is 1.18. The number of nitrogens with zero attached hydrogens (tertiary/aromatic N) is 1. The van der Waals surface area contributed by atoms with Crippen LogP contribution >= 0.6 is 0 Å². The molecule has 1 fully saturated rings. The van der Waals surface area contributed by atoms with Gasteiger partial charge in [-0.1, -0.05) is 0 Å². The van der Waals surface area contributed by atoms with Crippen LogP contribution in [-0.4, -0.2) is 53.6 Å². The Balaban J connectivity index is 2.47. The van der Waals surface area contributed by atoms with Gasteiger partial charge >= 0.3 is 6.09 Å². The molecule has 1 rings (SSSR count). The Morgan fingerprint density at radius 2 is 2.42 bits per heavy atom. The lowest BCUT2D eigenvalue weighted by atomic mass is 10.3. The quantitative estimate of drug-likeness (QED) is 0.576. The summed E-state index contributed by atoms with van der Waals surface area (Å²) in [5.41, 5.74) is 0. The first-order chi connectivity index (χ1) is 5.74. The van der Waals surface area contributed by atoms with Crippen LogP contribution in [0.1, 0.15) is 6.42 Å². The maximum atomic E-state index is 10.6. The summed E-state index contributed by atoms with van der Waals surface area (Å²) in [6, 6.07) is 0. The highest BCUT2D eigenvalue weighted by Crippen LogP contribution is 2.05. The normalized spacial score (nSPS) is 25.1. The second kappa shape index (κ2) is 4.27. The maximum absolute atomic E-state index is 10.6. The van der Waals surface area contributed by atoms with E-state index < -0.39 is 6.09 Å². The van der Waals surface area contributed by atoms with Crippen LogP contribution in [0, 0.1) is 0 Å². The molecule has 1 aliphatic rings. The average molecular weight is 175 g/mol. The van der Waals surface area contributed by atoms with Gasteiger partial charge in [-0.3, -0.25) is 0 Å². The number of hydrogen-bond acceptors (Lipinski definition) is 3. The first-order valence-corrected chi connectivity index (χ1v) is 3.94. The molecule has 12 heavy (non-hydrogen) atoms. The van der Waals surface area contributed by atoms with Gasteiger partial charge in [0.25, 0.3) is 0 Å². The Morgan fingerprint density at radius 3 is 3.00 bits per heavy atom. The number of aliphatic hydroxyl groups excluding tert-OH is 1. The Kier molecular flexibility index (Phi) is 3.31. The molecule has 0 aromatic carbocycles. The van der Waals surface area contributed by atoms with Gasteiger partial charge in [-0.25, -0.2) is 4.79 Å². The van der Waals surface area contributed by atoms with E-state index in [1.165, 1.54) is 4.90 Å². The molecular formula is C7H13NO4. The Hall–Kier alpha value is -0.810. The van der Waals surface area contributed by atoms with Crippen molar-refractivity contribution in [3.8, 4) is 0 Å². The van der Waals surface area contributed by atoms with E-state index in [0.717, 1.165) is 0 Å². The first kappa shape index (κ1) is 9.28. The molecular weight excluding hydrogens is 162 g/mol. The minimum Gasteiger partial charge on any atom is -0.465 e. The van der Waals surface area contributed by atoms with Crippen molar-refractivity contribution in [2.45, 2.75) is 12.5 Å². The Bertz CT molecular complexity index is 161. The molecule has 0 aliphatic carbocycles. The van der Waals surface area contributed by atoms with Crippen LogP contribution < -0.4 is 0 Å². The second-order valence-electron chi connectivity index (χ2n) is 2.76. The fourth-order valence-electron chi connectivity index (χ4n) is 1.18. The van der Waals surface area contributed by atoms with E-state index in [4.69, 9.17) is 14.9 Å². The number of hydrogen-bond donors (Lipinski definition) is 2. The molecule has 0 saturated carbocycles. The lowest BCUT2D eigenvalue weighted by molar-refractivity contribution is 0.0147. The van der Waals surface area contributed by atoms with E-state index in [9.17, 15) is 4.79 Å². The minimum atomic E-state index is -0.945. The predicted molar refractivity (Wildman–Crippen MR) is 41.0 cm³/mol. The highest BCUT2D eigenvalue weighted by Gasteiger charge is 2.20. The maximum Gasteiger partial charge on any atom is 0.407 e. The van der Waals surface area contributed by atoms with Gasteiger partial charge < -0.3 is 19.8 Å². The molecule has 0 unspecified atom stereocenters. The number of aliphatic hydroxyl groups is 1. The van der Waals surface area contributed by atoms with Gasteiger partial charge in [0.2, 0.25) is 0 Å². The summed E-state index contributed by atoms with van der Waals surface area (Å²) < 4.78 is 5.18. The Labute approximate surface area is 70.5 Å². The van der Waals surface area contributed by atoms with Gasteiger partial charge in [-0.2, -0.15) is 0 Å². The van der Waals surface area contributed by atoms with Crippen molar-refractivity contribution in [2.24, 2.45) is 0 Å². The molecule has 0 aromatic rings. The number of carboxylic acid groups (broad SMARTS) is 1. The zero-order valence-corrected chi connectivity index (χ0v) is 6.77. The zero-order chi connectivity index (χ0) is 8.97. The molecule has 1 saturated heterocycles. The third-order valence-electron chi connectivity index (χ3n) is 1.82. The third kappa shape index (κ3) is 2.35. The van der Waals surface area contributed by atoms with Gasteiger partial charge in [0.15, 0.2) is 0 Å². The molecule has 1 atom stereocenters. The molecule has 0 radical (unpaired) electrons. The number of ether oxygens (including phenoxy) is 1. The summed E-state index contributed by atoms with van der Waals surface area (Å²) in [7, 11) is 0. The monoisotopic (exact) mass is 175 g/mol. The van der Waals surface area contributed by atoms with Crippen LogP contribution in [-0.2, 0) is 4.74 Å². The molecule has 70 valence electrons. The molecule has 0 spiro atoms. The van der Waals surface area contributed by atoms with Gasteiger partial charge in [0, 0.05) is 13.2 Å². The van der Waals surface area contributed by atoms with E-state index in [1.54, 1.807) is 0 Å². The number of rotatable bonds is 1. The lowest BCUT2D eigenvalue weighted by Gasteiger charge is -2.19. The van der Waals surface area contributed by atoms with Crippen molar-refractivity contribution in [2.75, 3.05) is 26.3 Å². The van der Waals surface area contributed by atoms with Crippen LogP contribution in [0.15, 0.2) is 0 Å². The van der Waals surface area contributed by atoms with Gasteiger partial charge in [-0.15, -0.1) is 0 Å². The highest BCUT2D eigenvalue weighted by atomic mass is 16.5. The van der Waals surface area contributed by atoms with Crippen molar-refractivity contribution in [1.29, 1.82) is 0 Å². The van der Waals surface area contributed by atoms with E-state index in [-0.39, 0.29) is 19.3 Å². The highest BCUT2D eigenvalue weighted by molar-refractivity contribution is 5.64. The van der Waals surface area contributed by atoms with E-state index in [2.05, 4.69) is 0 Å². The van der Waals surface area contributed by atoms with Crippen molar-refractivity contribution in [3.63, 3.8) is 0 Å². The Morgan fingerprint density at radius 1 is 1.67 bits per heavy atom. The van der Waals surface area contributed by atoms with Crippen LogP contribution in [0.25, 0.3) is 0 Å². The lowest BCUT2D eigenvalue weighted by Crippen LogP contribution is -2.37. The van der Waals surface area contributed by atoms with Crippen LogP contribution in [0.2, 0.25) is 0 Å². The SMILES string of the molecule is O=C(O)N1CCCO[C@@H](CO)C1. The molecule has 0 aromatic heterocycles. The van der Waals surface area contributed by atoms with E-state index in [0.29, 0.717) is 19.6 Å². The number of amides is 1. The smallest absolute Gasteiger partial charge is 0.407 e. The van der Waals surface area contributed by atoms with Gasteiger partial charge in [0.1, 0.15) is 0 Å². The van der Waals surface area contributed by atoms with Crippen LogP contribution in [0.3, 0.4) is 0 Å². The van der Waals surface area contributed by atoms with Crippen LogP contribution in [0.5, 0.6) is 0 Å². The van der Waals surface area contributed by atoms with Crippen molar-refractivity contribution >= 4 is 6.09 Å². The topological polar surface area (TPSA) is 70.0 Å². The predicted octanol–water partition coefficient (Wildman–Crippen LogP) is -0.252. The summed E-state index contributed by atoms with van der Waals surface area (Å²) in [5.74, 6) is 0. The third-order valence-corrected chi connectivity index (χ3v) is 1.82. The van der Waals surface area contributed by atoms with Crippen molar-refractivity contribution in [3.05, 3.63) is 0 Å². The molecule has 0 bridgehead atoms. The molecule has 1 heterocycles. The summed E-state index contributed by atoms with van der Waals surface area (Å²) in [4.78, 5) is 11.8. The molecule has 2 N–H and O–H groups in total. The average Bonchev–Trinajstić information content (AvgIpc) is 2.28. The van der Waals surface area contributed by atoms with Gasteiger partial charge in [0.05, 0.1) is 19.3 Å². The molecule has 1 amide bonds. The first-order valence-electron chi connectivity index (χ1n) is 3.94. The second-order valence-corrected chi connectivity index (χ2v) is 2.76. The standard InChI is InChI=1S/C7H13NO4/c9-5-6-4-8(7(10)11)2-1-3-12-6/h6,9H,1-5H2,(H,10,11)/t6-/m1/s1. The summed E-state index contributed by atoms with van der Waals surface area (Å²) in [5, 5.41) is 17.4. The summed E-state index contributed by atoms with van der Waals surface area (Å²) in [6.07, 6.45) is -0.606. The minimum absolute atomic E-state index is 0.121. The fraction of sp³-hybridized carbons (Fsp3) is 0.857. The van der Waals surface area contributed by atoms with E-state index in [1.807, 2.05) is 0 Å². The van der Waals surface area contributed by atoms with Gasteiger partial charge in [-0.05, 0) is 6.42 Å².